The van der Waals surface area contributed by atoms with Gasteiger partial charge in [-0.25, -0.2) is 4.98 Å². The summed E-state index contributed by atoms with van der Waals surface area (Å²) in [6.07, 6.45) is 14.8. The molecule has 0 bridgehead atoms. The molecule has 6 heteroatoms. The third-order valence-corrected chi connectivity index (χ3v) is 4.09. The van der Waals surface area contributed by atoms with Gasteiger partial charge in [-0.2, -0.15) is 0 Å². The van der Waals surface area contributed by atoms with Crippen molar-refractivity contribution < 1.29 is 0 Å². The molecule has 0 aliphatic heterocycles. The molecule has 0 saturated carbocycles. The number of aryl methyl sites for hydroxylation is 1. The predicted octanol–water partition coefficient (Wildman–Crippen LogP) is 3.02. The highest BCUT2D eigenvalue weighted by Gasteiger charge is 1.98. The van der Waals surface area contributed by atoms with Crippen LogP contribution in [0.4, 0.5) is 5.82 Å². The Morgan fingerprint density at radius 1 is 1.30 bits per heavy atom. The van der Waals surface area contributed by atoms with Crippen molar-refractivity contribution in [2.75, 3.05) is 11.9 Å². The Kier molecular flexibility index (Phi) is 14.7. The van der Waals surface area contributed by atoms with Gasteiger partial charge in [0.05, 0.1) is 0 Å². The maximum atomic E-state index is 6.31. The molecule has 0 saturated heterocycles. The third kappa shape index (κ3) is 10.2. The molecule has 0 unspecified atom stereocenters. The number of hydrogen-bond donors (Lipinski definition) is 4. The monoisotopic (exact) mass is 408 g/mol. The summed E-state index contributed by atoms with van der Waals surface area (Å²) in [5.74, 6) is 0.901. The van der Waals surface area contributed by atoms with Crippen molar-refractivity contribution in [1.82, 2.24) is 9.97 Å². The summed E-state index contributed by atoms with van der Waals surface area (Å²) in [6.45, 7) is 13.1. The molecule has 0 radical (unpaired) electrons. The summed E-state index contributed by atoms with van der Waals surface area (Å²) in [5, 5.41) is 11.8. The molecule has 162 valence electrons. The molecule has 2 heterocycles. The molecule has 0 spiro atoms. The number of hydrogen-bond acceptors (Lipinski definition) is 6. The van der Waals surface area contributed by atoms with E-state index in [9.17, 15) is 0 Å². The zero-order valence-corrected chi connectivity index (χ0v) is 18.5. The van der Waals surface area contributed by atoms with Gasteiger partial charge in [-0.3, -0.25) is 4.98 Å². The van der Waals surface area contributed by atoms with E-state index in [4.69, 9.17) is 16.9 Å². The SMILES string of the molecule is C=C.CCCCNc1cc(=C/Cc2cnccc2C)/c(=C(\C)N)cn1.N=C/C=C\N. The van der Waals surface area contributed by atoms with Crippen LogP contribution in [-0.2, 0) is 6.42 Å². The first kappa shape index (κ1) is 26.6. The number of rotatable bonds is 7. The quantitative estimate of drug-likeness (QED) is 0.319. The van der Waals surface area contributed by atoms with Gasteiger partial charge in [0.25, 0.3) is 0 Å². The number of anilines is 1. The lowest BCUT2D eigenvalue weighted by Gasteiger charge is -2.05. The second kappa shape index (κ2) is 16.5. The Morgan fingerprint density at radius 2 is 2.03 bits per heavy atom. The highest BCUT2D eigenvalue weighted by atomic mass is 15.0. The van der Waals surface area contributed by atoms with Crippen molar-refractivity contribution in [1.29, 1.82) is 5.41 Å². The molecule has 30 heavy (non-hydrogen) atoms. The van der Waals surface area contributed by atoms with Crippen molar-refractivity contribution in [3.05, 3.63) is 77.7 Å². The number of nitrogens with zero attached hydrogens (tertiary/aromatic N) is 2. The average Bonchev–Trinajstić information content (AvgIpc) is 2.76. The summed E-state index contributed by atoms with van der Waals surface area (Å²) in [6, 6.07) is 4.11. The maximum absolute atomic E-state index is 6.31. The fourth-order valence-electron chi connectivity index (χ4n) is 2.45. The number of aromatic nitrogens is 2. The van der Waals surface area contributed by atoms with Crippen LogP contribution in [0.3, 0.4) is 0 Å². The predicted molar refractivity (Wildman–Crippen MR) is 131 cm³/mol. The normalized spacial score (nSPS) is 11.6. The van der Waals surface area contributed by atoms with E-state index in [1.807, 2.05) is 31.6 Å². The summed E-state index contributed by atoms with van der Waals surface area (Å²) < 4.78 is 0. The van der Waals surface area contributed by atoms with Crippen molar-refractivity contribution in [2.24, 2.45) is 11.5 Å². The molecule has 6 nitrogen and oxygen atoms in total. The van der Waals surface area contributed by atoms with Crippen molar-refractivity contribution in [2.45, 2.75) is 40.0 Å². The molecule has 0 aliphatic rings. The molecule has 2 aromatic rings. The third-order valence-electron chi connectivity index (χ3n) is 4.09. The summed E-state index contributed by atoms with van der Waals surface area (Å²) in [5.41, 5.74) is 14.1. The summed E-state index contributed by atoms with van der Waals surface area (Å²) in [7, 11) is 0. The molecule has 0 aromatic carbocycles. The van der Waals surface area contributed by atoms with E-state index in [1.165, 1.54) is 29.8 Å². The zero-order chi connectivity index (χ0) is 22.8. The zero-order valence-electron chi connectivity index (χ0n) is 18.5. The molecular formula is C24H36N6. The second-order valence-electron chi connectivity index (χ2n) is 6.38. The minimum Gasteiger partial charge on any atom is -0.405 e. The first-order valence-corrected chi connectivity index (χ1v) is 9.96. The molecule has 0 amide bonds. The Balaban J connectivity index is 0.00000105. The van der Waals surface area contributed by atoms with Gasteiger partial charge in [0.1, 0.15) is 5.82 Å². The molecule has 6 N–H and O–H groups in total. The van der Waals surface area contributed by atoms with Crippen LogP contribution in [-0.4, -0.2) is 22.7 Å². The molecule has 2 aromatic heterocycles. The van der Waals surface area contributed by atoms with Crippen LogP contribution in [0.15, 0.2) is 56.2 Å². The Hall–Kier alpha value is -3.41. The number of nitrogens with one attached hydrogen (secondary N) is 2. The lowest BCUT2D eigenvalue weighted by Crippen LogP contribution is -2.30. The van der Waals surface area contributed by atoms with E-state index in [0.717, 1.165) is 47.6 Å². The van der Waals surface area contributed by atoms with Crippen LogP contribution in [0.1, 0.15) is 37.8 Å². The number of pyridine rings is 2. The number of nitrogens with two attached hydrogens (primary N) is 2. The number of allylic oxidation sites excluding steroid dienone is 1. The molecule has 0 atom stereocenters. The van der Waals surface area contributed by atoms with E-state index in [2.05, 4.69) is 54.4 Å². The minimum atomic E-state index is 0.784. The van der Waals surface area contributed by atoms with Crippen molar-refractivity contribution >= 4 is 23.8 Å². The van der Waals surface area contributed by atoms with Gasteiger partial charge < -0.3 is 22.2 Å². The molecule has 2 rings (SSSR count). The Morgan fingerprint density at radius 3 is 2.57 bits per heavy atom. The fourth-order valence-corrected chi connectivity index (χ4v) is 2.45. The van der Waals surface area contributed by atoms with E-state index in [0.29, 0.717) is 0 Å². The van der Waals surface area contributed by atoms with Gasteiger partial charge in [-0.05, 0) is 67.4 Å². The van der Waals surface area contributed by atoms with Crippen LogP contribution < -0.4 is 27.2 Å². The van der Waals surface area contributed by atoms with Crippen molar-refractivity contribution in [3.8, 4) is 0 Å². The van der Waals surface area contributed by atoms with Gasteiger partial charge in [0.15, 0.2) is 0 Å². The summed E-state index contributed by atoms with van der Waals surface area (Å²) >= 11 is 0. The van der Waals surface area contributed by atoms with Gasteiger partial charge in [0.2, 0.25) is 0 Å². The standard InChI is InChI=1S/C19H26N4.C3H6N2.C2H4/c1-4-5-9-22-19-11-16(18(13-23-19)15(3)20)6-7-17-12-21-10-8-14(17)2;4-2-1-3-5;1-2/h6,8,10-13,22H,4-5,7,9,20H2,1-3H3;1-4H,5H2;1-2H2/b16-6-,18-15+;3-1-,4-2?;. The average molecular weight is 409 g/mol. The largest absolute Gasteiger partial charge is 0.405 e. The minimum absolute atomic E-state index is 0.784. The van der Waals surface area contributed by atoms with Crippen LogP contribution in [0.2, 0.25) is 0 Å². The van der Waals surface area contributed by atoms with E-state index < -0.39 is 0 Å². The first-order chi connectivity index (χ1) is 14.5. The van der Waals surface area contributed by atoms with E-state index in [1.54, 1.807) is 0 Å². The number of unbranched alkanes of at least 4 members (excludes halogenated alkanes) is 1. The Labute approximate surface area is 180 Å². The van der Waals surface area contributed by atoms with E-state index >= 15 is 0 Å². The van der Waals surface area contributed by atoms with Gasteiger partial charge in [-0.1, -0.05) is 19.4 Å². The fraction of sp³-hybridized carbons (Fsp3) is 0.292. The lowest BCUT2D eigenvalue weighted by atomic mass is 10.1. The van der Waals surface area contributed by atoms with Gasteiger partial charge >= 0.3 is 0 Å². The van der Waals surface area contributed by atoms with Crippen molar-refractivity contribution in [3.63, 3.8) is 0 Å². The molecule has 0 fully saturated rings. The highest BCUT2D eigenvalue weighted by molar-refractivity contribution is 5.67. The van der Waals surface area contributed by atoms with Gasteiger partial charge in [0, 0.05) is 42.3 Å². The van der Waals surface area contributed by atoms with E-state index in [-0.39, 0.29) is 0 Å². The Bertz CT molecular complexity index is 898. The molecular weight excluding hydrogens is 372 g/mol. The topological polar surface area (TPSA) is 114 Å². The smallest absolute Gasteiger partial charge is 0.126 e. The summed E-state index contributed by atoms with van der Waals surface area (Å²) in [4.78, 5) is 8.67. The van der Waals surface area contributed by atoms with Crippen LogP contribution >= 0.6 is 0 Å². The second-order valence-corrected chi connectivity index (χ2v) is 6.38. The highest BCUT2D eigenvalue weighted by Crippen LogP contribution is 2.06. The van der Waals surface area contributed by atoms with Crippen LogP contribution in [0.5, 0.6) is 0 Å². The first-order valence-electron chi connectivity index (χ1n) is 9.96. The maximum Gasteiger partial charge on any atom is 0.126 e. The molecule has 0 aliphatic carbocycles. The van der Waals surface area contributed by atoms with Crippen LogP contribution in [0.25, 0.3) is 11.8 Å². The lowest BCUT2D eigenvalue weighted by molar-refractivity contribution is 0.831. The van der Waals surface area contributed by atoms with Gasteiger partial charge in [-0.15, -0.1) is 13.2 Å². The van der Waals surface area contributed by atoms with Crippen LogP contribution in [0, 0.1) is 12.3 Å².